The monoisotopic (exact) mass is 397 g/mol. The summed E-state index contributed by atoms with van der Waals surface area (Å²) >= 11 is 6.18. The first-order valence-electron chi connectivity index (χ1n) is 7.91. The minimum atomic E-state index is -1.45. The zero-order valence-electron chi connectivity index (χ0n) is 15.1. The van der Waals surface area contributed by atoms with Gasteiger partial charge in [0.15, 0.2) is 0 Å². The fraction of sp³-hybridized carbons (Fsp3) is 0.316. The molecule has 0 heterocycles. The Labute approximate surface area is 160 Å². The summed E-state index contributed by atoms with van der Waals surface area (Å²) in [5, 5.41) is 0.224. The molecule has 2 rings (SSSR count). The molecule has 0 fully saturated rings. The molecule has 0 aliphatic carbocycles. The first kappa shape index (κ1) is 20.4. The predicted molar refractivity (Wildman–Crippen MR) is 104 cm³/mol. The summed E-state index contributed by atoms with van der Waals surface area (Å²) in [7, 11) is 0.131. The molecule has 26 heavy (non-hydrogen) atoms. The minimum Gasteiger partial charge on any atom is -0.497 e. The fourth-order valence-electron chi connectivity index (χ4n) is 1.98. The number of ether oxygens (including phenoxy) is 2. The molecule has 0 bridgehead atoms. The van der Waals surface area contributed by atoms with Crippen molar-refractivity contribution >= 4 is 28.8 Å². The molecule has 0 N–H and O–H groups in total. The van der Waals surface area contributed by atoms with Gasteiger partial charge < -0.3 is 9.47 Å². The van der Waals surface area contributed by atoms with Crippen LogP contribution in [0.15, 0.2) is 40.8 Å². The Balaban J connectivity index is 2.23. The summed E-state index contributed by atoms with van der Waals surface area (Å²) in [5.74, 6) is 0.841. The number of nitrogens with zero attached hydrogens (tertiary/aromatic N) is 1. The fourth-order valence-corrected chi connectivity index (χ4v) is 2.77. The summed E-state index contributed by atoms with van der Waals surface area (Å²) in [4.78, 5) is 0. The van der Waals surface area contributed by atoms with Crippen molar-refractivity contribution in [1.82, 2.24) is 0 Å². The van der Waals surface area contributed by atoms with E-state index in [-0.39, 0.29) is 11.6 Å². The van der Waals surface area contributed by atoms with Crippen LogP contribution in [0.1, 0.15) is 31.9 Å². The van der Waals surface area contributed by atoms with Gasteiger partial charge in [0.25, 0.3) is 0 Å². The minimum absolute atomic E-state index is 0.120. The summed E-state index contributed by atoms with van der Waals surface area (Å²) in [6.07, 6.45) is 1.38. The third kappa shape index (κ3) is 5.54. The van der Waals surface area contributed by atoms with Gasteiger partial charge in [-0.25, -0.2) is 8.60 Å². The van der Waals surface area contributed by atoms with Crippen LogP contribution < -0.4 is 9.47 Å². The van der Waals surface area contributed by atoms with Gasteiger partial charge in [0.2, 0.25) is 0 Å². The van der Waals surface area contributed by atoms with Crippen LogP contribution in [-0.2, 0) is 17.6 Å². The van der Waals surface area contributed by atoms with Gasteiger partial charge in [0.05, 0.1) is 16.9 Å². The number of halogens is 2. The van der Waals surface area contributed by atoms with Crippen molar-refractivity contribution in [1.29, 1.82) is 0 Å². The van der Waals surface area contributed by atoms with Gasteiger partial charge in [-0.2, -0.15) is 4.40 Å². The SMILES string of the molecule is COc1ccc(OCc2c(Cl)cc(F)cc2C=N[S@](=O)C(C)(C)C)cc1. The molecule has 1 atom stereocenters. The largest absolute Gasteiger partial charge is 0.497 e. The highest BCUT2D eigenvalue weighted by atomic mass is 35.5. The molecule has 2 aromatic carbocycles. The second-order valence-corrected chi connectivity index (χ2v) is 8.86. The highest BCUT2D eigenvalue weighted by Crippen LogP contribution is 2.25. The number of hydrogen-bond acceptors (Lipinski definition) is 3. The van der Waals surface area contributed by atoms with Crippen molar-refractivity contribution in [3.8, 4) is 11.5 Å². The Morgan fingerprint density at radius 1 is 1.19 bits per heavy atom. The molecule has 0 saturated heterocycles. The summed E-state index contributed by atoms with van der Waals surface area (Å²) in [6, 6.07) is 9.58. The van der Waals surface area contributed by atoms with E-state index in [0.29, 0.717) is 16.9 Å². The molecule has 0 aromatic heterocycles. The van der Waals surface area contributed by atoms with Gasteiger partial charge in [-0.15, -0.1) is 0 Å². The third-order valence-electron chi connectivity index (χ3n) is 3.45. The van der Waals surface area contributed by atoms with E-state index in [1.165, 1.54) is 18.3 Å². The lowest BCUT2D eigenvalue weighted by Gasteiger charge is -2.14. The van der Waals surface area contributed by atoms with Crippen LogP contribution in [0.25, 0.3) is 0 Å². The van der Waals surface area contributed by atoms with E-state index in [9.17, 15) is 8.60 Å². The number of rotatable bonds is 6. The summed E-state index contributed by atoms with van der Waals surface area (Å²) in [6.45, 7) is 5.56. The lowest BCUT2D eigenvalue weighted by Crippen LogP contribution is -2.19. The highest BCUT2D eigenvalue weighted by Gasteiger charge is 2.18. The zero-order chi connectivity index (χ0) is 19.3. The van der Waals surface area contributed by atoms with Gasteiger partial charge in [0.1, 0.15) is 34.9 Å². The van der Waals surface area contributed by atoms with Crippen molar-refractivity contribution < 1.29 is 18.1 Å². The van der Waals surface area contributed by atoms with Crippen molar-refractivity contribution in [3.05, 3.63) is 58.4 Å². The van der Waals surface area contributed by atoms with Crippen LogP contribution in [0, 0.1) is 5.82 Å². The van der Waals surface area contributed by atoms with Crippen molar-refractivity contribution in [2.75, 3.05) is 7.11 Å². The molecule has 0 saturated carbocycles. The number of hydrogen-bond donors (Lipinski definition) is 0. The molecule has 140 valence electrons. The average Bonchev–Trinajstić information content (AvgIpc) is 2.58. The van der Waals surface area contributed by atoms with Crippen LogP contribution in [0.5, 0.6) is 11.5 Å². The standard InChI is InChI=1S/C19H21ClFNO3S/c1-19(2,3)26(23)22-11-13-9-14(21)10-18(20)17(13)12-25-16-7-5-15(24-4)6-8-16/h5-11H,12H2,1-4H3/t26-/m1/s1. The van der Waals surface area contributed by atoms with Crippen molar-refractivity contribution in [2.45, 2.75) is 32.1 Å². The van der Waals surface area contributed by atoms with E-state index < -0.39 is 21.5 Å². The van der Waals surface area contributed by atoms with Crippen LogP contribution in [0.3, 0.4) is 0 Å². The van der Waals surface area contributed by atoms with Gasteiger partial charge in [0, 0.05) is 17.3 Å². The Morgan fingerprint density at radius 3 is 2.38 bits per heavy atom. The van der Waals surface area contributed by atoms with Crippen molar-refractivity contribution in [3.63, 3.8) is 0 Å². The molecule has 4 nitrogen and oxygen atoms in total. The van der Waals surface area contributed by atoms with E-state index >= 15 is 0 Å². The highest BCUT2D eigenvalue weighted by molar-refractivity contribution is 7.85. The Morgan fingerprint density at radius 2 is 1.81 bits per heavy atom. The summed E-state index contributed by atoms with van der Waals surface area (Å²) in [5.41, 5.74) is 1.000. The molecule has 0 radical (unpaired) electrons. The summed E-state index contributed by atoms with van der Waals surface area (Å²) < 4.78 is 40.2. The Bertz CT molecular complexity index is 817. The van der Waals surface area contributed by atoms with Gasteiger partial charge in [-0.1, -0.05) is 11.6 Å². The van der Waals surface area contributed by atoms with E-state index in [0.717, 1.165) is 5.75 Å². The topological polar surface area (TPSA) is 47.9 Å². The number of methoxy groups -OCH3 is 1. The molecule has 0 aliphatic heterocycles. The van der Waals surface area contributed by atoms with Gasteiger partial charge in [-0.05, 0) is 57.2 Å². The quantitative estimate of drug-likeness (QED) is 0.648. The maximum Gasteiger partial charge on any atom is 0.144 e. The van der Waals surface area contributed by atoms with Gasteiger partial charge >= 0.3 is 0 Å². The second-order valence-electron chi connectivity index (χ2n) is 6.52. The second kappa shape index (κ2) is 8.64. The molecule has 7 heteroatoms. The number of benzene rings is 2. The molecule has 2 aromatic rings. The molecular weight excluding hydrogens is 377 g/mol. The van der Waals surface area contributed by atoms with E-state index in [1.54, 1.807) is 31.4 Å². The van der Waals surface area contributed by atoms with Crippen LogP contribution in [0.2, 0.25) is 5.02 Å². The first-order chi connectivity index (χ1) is 12.2. The van der Waals surface area contributed by atoms with Gasteiger partial charge in [-0.3, -0.25) is 0 Å². The van der Waals surface area contributed by atoms with E-state index in [4.69, 9.17) is 21.1 Å². The molecular formula is C19H21ClFNO3S. The molecule has 0 amide bonds. The normalized spacial score (nSPS) is 13.0. The maximum absolute atomic E-state index is 13.7. The molecule has 0 spiro atoms. The van der Waals surface area contributed by atoms with E-state index in [1.807, 2.05) is 20.8 Å². The third-order valence-corrected chi connectivity index (χ3v) is 5.13. The maximum atomic E-state index is 13.7. The lowest BCUT2D eigenvalue weighted by molar-refractivity contribution is 0.305. The predicted octanol–water partition coefficient (Wildman–Crippen LogP) is 4.95. The first-order valence-corrected chi connectivity index (χ1v) is 9.40. The average molecular weight is 398 g/mol. The van der Waals surface area contributed by atoms with Crippen molar-refractivity contribution in [2.24, 2.45) is 4.40 Å². The molecule has 0 aliphatic rings. The Kier molecular flexibility index (Phi) is 6.78. The van der Waals surface area contributed by atoms with Crippen LogP contribution in [-0.4, -0.2) is 22.3 Å². The smallest absolute Gasteiger partial charge is 0.144 e. The van der Waals surface area contributed by atoms with Crippen LogP contribution >= 0.6 is 11.6 Å². The van der Waals surface area contributed by atoms with E-state index in [2.05, 4.69) is 4.40 Å². The van der Waals surface area contributed by atoms with Crippen LogP contribution in [0.4, 0.5) is 4.39 Å². The zero-order valence-corrected chi connectivity index (χ0v) is 16.7. The molecule has 0 unspecified atom stereocenters. The lowest BCUT2D eigenvalue weighted by atomic mass is 10.1. The Hall–Kier alpha value is -1.92.